The maximum atomic E-state index is 12.6. The molecule has 0 amide bonds. The zero-order chi connectivity index (χ0) is 16.5. The summed E-state index contributed by atoms with van der Waals surface area (Å²) in [5, 5.41) is 0. The average Bonchev–Trinajstić information content (AvgIpc) is 2.79. The second-order valence-electron chi connectivity index (χ2n) is 7.89. The van der Waals surface area contributed by atoms with Crippen LogP contribution in [0.3, 0.4) is 0 Å². The van der Waals surface area contributed by atoms with Gasteiger partial charge in [0.1, 0.15) is 11.5 Å². The topological polar surface area (TPSA) is 26.3 Å². The van der Waals surface area contributed by atoms with Gasteiger partial charge in [-0.2, -0.15) is 0 Å². The van der Waals surface area contributed by atoms with Crippen molar-refractivity contribution in [1.29, 1.82) is 0 Å². The summed E-state index contributed by atoms with van der Waals surface area (Å²) in [5.41, 5.74) is 2.69. The first-order valence-corrected chi connectivity index (χ1v) is 9.39. The van der Waals surface area contributed by atoms with Crippen LogP contribution in [-0.2, 0) is 4.79 Å². The first-order chi connectivity index (χ1) is 10.9. The Balaban J connectivity index is 1.89. The minimum atomic E-state index is -0.199. The van der Waals surface area contributed by atoms with Crippen LogP contribution in [-0.4, -0.2) is 18.6 Å². The molecule has 0 N–H and O–H groups in total. The molecule has 3 atom stereocenters. The highest BCUT2D eigenvalue weighted by atomic mass is 32.2. The lowest BCUT2D eigenvalue weighted by molar-refractivity contribution is -0.131. The van der Waals surface area contributed by atoms with Gasteiger partial charge in [0.25, 0.3) is 0 Å². The van der Waals surface area contributed by atoms with Gasteiger partial charge >= 0.3 is 0 Å². The molecule has 1 aromatic carbocycles. The molecule has 4 rings (SSSR count). The predicted molar refractivity (Wildman–Crippen MR) is 94.9 cm³/mol. The van der Waals surface area contributed by atoms with E-state index in [4.69, 9.17) is 4.74 Å². The zero-order valence-corrected chi connectivity index (χ0v) is 15.2. The van der Waals surface area contributed by atoms with E-state index in [9.17, 15) is 4.79 Å². The molecule has 3 aliphatic rings. The first-order valence-electron chi connectivity index (χ1n) is 8.41. The van der Waals surface area contributed by atoms with E-state index in [2.05, 4.69) is 45.0 Å². The summed E-state index contributed by atoms with van der Waals surface area (Å²) < 4.78 is 5.38. The lowest BCUT2D eigenvalue weighted by Gasteiger charge is -2.58. The molecule has 0 saturated heterocycles. The van der Waals surface area contributed by atoms with Crippen molar-refractivity contribution in [2.75, 3.05) is 12.9 Å². The molecule has 0 aromatic heterocycles. The van der Waals surface area contributed by atoms with E-state index in [0.717, 1.165) is 30.8 Å². The van der Waals surface area contributed by atoms with Gasteiger partial charge in [0, 0.05) is 27.9 Å². The van der Waals surface area contributed by atoms with Crippen molar-refractivity contribution in [1.82, 2.24) is 0 Å². The number of carbonyl (C=O) groups is 1. The molecule has 2 nitrogen and oxygen atoms in total. The Morgan fingerprint density at radius 2 is 1.96 bits per heavy atom. The zero-order valence-electron chi connectivity index (χ0n) is 14.4. The van der Waals surface area contributed by atoms with Crippen molar-refractivity contribution in [3.05, 3.63) is 29.8 Å². The Morgan fingerprint density at radius 1 is 1.17 bits per heavy atom. The molecule has 1 aliphatic heterocycles. The van der Waals surface area contributed by atoms with Crippen LogP contribution in [0.5, 0.6) is 5.75 Å². The van der Waals surface area contributed by atoms with Gasteiger partial charge in [-0.3, -0.25) is 4.79 Å². The maximum absolute atomic E-state index is 12.6. The van der Waals surface area contributed by atoms with Gasteiger partial charge in [0.05, 0.1) is 7.11 Å². The van der Waals surface area contributed by atoms with E-state index in [1.165, 1.54) is 16.0 Å². The standard InChI is InChI=1S/C20H24O2S/c1-18-9-7-15-14-6-5-13(22-4)11-16(14)23-12-19(15,2)20(18,3)10-8-17(18)21/h5-7,11H,8-10,12H2,1-4H3/t18?,19-,20+/m0/s1. The Morgan fingerprint density at radius 3 is 2.70 bits per heavy atom. The molecule has 0 radical (unpaired) electrons. The number of ketones is 1. The van der Waals surface area contributed by atoms with Crippen molar-refractivity contribution in [3.63, 3.8) is 0 Å². The fourth-order valence-electron chi connectivity index (χ4n) is 5.11. The van der Waals surface area contributed by atoms with Crippen LogP contribution in [0, 0.1) is 16.2 Å². The summed E-state index contributed by atoms with van der Waals surface area (Å²) in [6.07, 6.45) is 4.99. The van der Waals surface area contributed by atoms with Gasteiger partial charge in [-0.1, -0.05) is 26.8 Å². The number of fused-ring (bicyclic) bond motifs is 5. The van der Waals surface area contributed by atoms with E-state index in [-0.39, 0.29) is 16.2 Å². The van der Waals surface area contributed by atoms with Crippen LogP contribution in [0.15, 0.2) is 29.2 Å². The Labute approximate surface area is 142 Å². The van der Waals surface area contributed by atoms with Gasteiger partial charge in [0.15, 0.2) is 0 Å². The van der Waals surface area contributed by atoms with Crippen molar-refractivity contribution in [2.24, 2.45) is 16.2 Å². The fraction of sp³-hybridized carbons (Fsp3) is 0.550. The Kier molecular flexibility index (Phi) is 3.10. The average molecular weight is 328 g/mol. The third kappa shape index (κ3) is 1.69. The minimum Gasteiger partial charge on any atom is -0.497 e. The smallest absolute Gasteiger partial charge is 0.139 e. The molecule has 1 heterocycles. The van der Waals surface area contributed by atoms with Crippen molar-refractivity contribution < 1.29 is 9.53 Å². The second kappa shape index (κ2) is 4.66. The van der Waals surface area contributed by atoms with Crippen molar-refractivity contribution in [2.45, 2.75) is 44.9 Å². The summed E-state index contributed by atoms with van der Waals surface area (Å²) in [5.74, 6) is 2.42. The number of rotatable bonds is 1. The number of benzene rings is 1. The molecule has 1 saturated carbocycles. The lowest BCUT2D eigenvalue weighted by atomic mass is 9.48. The second-order valence-corrected chi connectivity index (χ2v) is 8.91. The highest BCUT2D eigenvalue weighted by molar-refractivity contribution is 7.99. The number of methoxy groups -OCH3 is 1. The van der Waals surface area contributed by atoms with Gasteiger partial charge in [0.2, 0.25) is 0 Å². The molecule has 1 unspecified atom stereocenters. The van der Waals surface area contributed by atoms with Gasteiger partial charge < -0.3 is 4.74 Å². The highest BCUT2D eigenvalue weighted by Crippen LogP contribution is 2.70. The quantitative estimate of drug-likeness (QED) is 0.728. The van der Waals surface area contributed by atoms with Crippen LogP contribution in [0.1, 0.15) is 45.6 Å². The third-order valence-corrected chi connectivity index (χ3v) is 8.58. The number of ether oxygens (including phenoxy) is 1. The van der Waals surface area contributed by atoms with E-state index in [1.807, 2.05) is 11.8 Å². The number of carbonyl (C=O) groups excluding carboxylic acids is 1. The molecule has 1 fully saturated rings. The summed E-state index contributed by atoms with van der Waals surface area (Å²) in [7, 11) is 1.72. The molecule has 2 aliphatic carbocycles. The van der Waals surface area contributed by atoms with E-state index in [1.54, 1.807) is 7.11 Å². The molecule has 0 bridgehead atoms. The highest BCUT2D eigenvalue weighted by Gasteiger charge is 2.65. The van der Waals surface area contributed by atoms with E-state index >= 15 is 0 Å². The molecule has 1 aromatic rings. The van der Waals surface area contributed by atoms with Crippen LogP contribution in [0.25, 0.3) is 5.57 Å². The van der Waals surface area contributed by atoms with E-state index < -0.39 is 0 Å². The molecular weight excluding hydrogens is 304 g/mol. The Bertz CT molecular complexity index is 737. The molecule has 0 spiro atoms. The number of Topliss-reactive ketones (excluding diaryl/α,β-unsaturated/α-hetero) is 1. The fourth-order valence-corrected chi connectivity index (χ4v) is 6.56. The summed E-state index contributed by atoms with van der Waals surface area (Å²) >= 11 is 1.92. The maximum Gasteiger partial charge on any atom is 0.139 e. The van der Waals surface area contributed by atoms with Crippen LogP contribution < -0.4 is 4.74 Å². The molecule has 3 heteroatoms. The van der Waals surface area contributed by atoms with Gasteiger partial charge in [-0.15, -0.1) is 11.8 Å². The third-order valence-electron chi connectivity index (χ3n) is 7.21. The van der Waals surface area contributed by atoms with Gasteiger partial charge in [-0.05, 0) is 47.6 Å². The summed E-state index contributed by atoms with van der Waals surface area (Å²) in [6.45, 7) is 6.95. The predicted octanol–water partition coefficient (Wildman–Crippen LogP) is 4.97. The number of hydrogen-bond acceptors (Lipinski definition) is 3. The monoisotopic (exact) mass is 328 g/mol. The molecular formula is C20H24O2S. The van der Waals surface area contributed by atoms with Gasteiger partial charge in [-0.25, -0.2) is 0 Å². The SMILES string of the molecule is COc1ccc2c(c1)SC[C@@]1(C)C2=CCC2(C)C(=O)CC[C@]21C. The van der Waals surface area contributed by atoms with Crippen LogP contribution >= 0.6 is 11.8 Å². The summed E-state index contributed by atoms with van der Waals surface area (Å²) in [6, 6.07) is 6.41. The lowest BCUT2D eigenvalue weighted by Crippen LogP contribution is -2.53. The number of allylic oxidation sites excluding steroid dienone is 2. The van der Waals surface area contributed by atoms with Crippen LogP contribution in [0.2, 0.25) is 0 Å². The minimum absolute atomic E-state index is 0.0474. The number of thioether (sulfide) groups is 1. The summed E-state index contributed by atoms with van der Waals surface area (Å²) in [4.78, 5) is 13.9. The normalized spacial score (nSPS) is 38.4. The largest absolute Gasteiger partial charge is 0.497 e. The molecule has 23 heavy (non-hydrogen) atoms. The first kappa shape index (κ1) is 15.3. The van der Waals surface area contributed by atoms with Crippen molar-refractivity contribution >= 4 is 23.1 Å². The Hall–Kier alpha value is -1.22. The number of hydrogen-bond donors (Lipinski definition) is 0. The van der Waals surface area contributed by atoms with Crippen molar-refractivity contribution in [3.8, 4) is 5.75 Å². The molecule has 122 valence electrons. The van der Waals surface area contributed by atoms with E-state index in [0.29, 0.717) is 5.78 Å². The van der Waals surface area contributed by atoms with Crippen LogP contribution in [0.4, 0.5) is 0 Å².